The molecule has 0 bridgehead atoms. The molecule has 0 amide bonds. The molecule has 1 unspecified atom stereocenters. The van der Waals surface area contributed by atoms with E-state index in [1.54, 1.807) is 0 Å². The van der Waals surface area contributed by atoms with E-state index in [0.29, 0.717) is 11.5 Å². The summed E-state index contributed by atoms with van der Waals surface area (Å²) >= 11 is 0. The van der Waals surface area contributed by atoms with Crippen LogP contribution < -0.4 is 5.32 Å². The van der Waals surface area contributed by atoms with Gasteiger partial charge < -0.3 is 10.1 Å². The van der Waals surface area contributed by atoms with Crippen molar-refractivity contribution in [1.29, 1.82) is 0 Å². The molecule has 0 aliphatic carbocycles. The van der Waals surface area contributed by atoms with Crippen molar-refractivity contribution >= 4 is 0 Å². The lowest BCUT2D eigenvalue weighted by molar-refractivity contribution is 0.0645. The quantitative estimate of drug-likeness (QED) is 0.751. The van der Waals surface area contributed by atoms with E-state index in [4.69, 9.17) is 4.74 Å². The second-order valence-corrected chi connectivity index (χ2v) is 5.44. The van der Waals surface area contributed by atoms with E-state index in [-0.39, 0.29) is 0 Å². The fourth-order valence-electron chi connectivity index (χ4n) is 1.51. The van der Waals surface area contributed by atoms with Gasteiger partial charge in [-0.2, -0.15) is 0 Å². The molecule has 0 aromatic carbocycles. The van der Waals surface area contributed by atoms with E-state index < -0.39 is 0 Å². The van der Waals surface area contributed by atoms with E-state index in [2.05, 4.69) is 33.0 Å². The Morgan fingerprint density at radius 1 is 1.43 bits per heavy atom. The Morgan fingerprint density at radius 3 is 2.64 bits per heavy atom. The lowest BCUT2D eigenvalue weighted by Crippen LogP contribution is -2.43. The van der Waals surface area contributed by atoms with Crippen LogP contribution in [-0.4, -0.2) is 25.8 Å². The molecule has 1 rings (SSSR count). The van der Waals surface area contributed by atoms with Gasteiger partial charge in [0.05, 0.1) is 6.61 Å². The van der Waals surface area contributed by atoms with Crippen LogP contribution in [0.25, 0.3) is 0 Å². The molecule has 0 saturated carbocycles. The van der Waals surface area contributed by atoms with Crippen LogP contribution in [0.3, 0.4) is 0 Å². The number of hydrogen-bond donors (Lipinski definition) is 1. The maximum absolute atomic E-state index is 5.45. The molecule has 1 fully saturated rings. The van der Waals surface area contributed by atoms with Crippen LogP contribution in [0.4, 0.5) is 0 Å². The minimum absolute atomic E-state index is 0.386. The first-order valence-corrected chi connectivity index (χ1v) is 5.83. The minimum atomic E-state index is 0.386. The van der Waals surface area contributed by atoms with E-state index in [1.807, 2.05) is 0 Å². The van der Waals surface area contributed by atoms with Crippen molar-refractivity contribution in [2.75, 3.05) is 19.8 Å². The molecule has 14 heavy (non-hydrogen) atoms. The van der Waals surface area contributed by atoms with E-state index in [9.17, 15) is 0 Å². The zero-order valence-corrected chi connectivity index (χ0v) is 10.1. The van der Waals surface area contributed by atoms with Crippen molar-refractivity contribution < 1.29 is 4.74 Å². The average molecular weight is 199 g/mol. The zero-order valence-electron chi connectivity index (χ0n) is 10.1. The number of nitrogens with one attached hydrogen (secondary N) is 1. The Hall–Kier alpha value is -0.0800. The highest BCUT2D eigenvalue weighted by atomic mass is 16.5. The minimum Gasteiger partial charge on any atom is -0.380 e. The van der Waals surface area contributed by atoms with Gasteiger partial charge in [-0.3, -0.25) is 0 Å². The topological polar surface area (TPSA) is 21.3 Å². The van der Waals surface area contributed by atoms with Crippen LogP contribution in [-0.2, 0) is 4.74 Å². The molecule has 1 saturated heterocycles. The number of ether oxygens (including phenoxy) is 1. The third-order valence-corrected chi connectivity index (χ3v) is 3.57. The summed E-state index contributed by atoms with van der Waals surface area (Å²) in [6, 6.07) is 0.585. The van der Waals surface area contributed by atoms with Crippen molar-refractivity contribution in [3.63, 3.8) is 0 Å². The predicted molar refractivity (Wildman–Crippen MR) is 60.5 cm³/mol. The first kappa shape index (κ1) is 12.0. The molecule has 1 atom stereocenters. The van der Waals surface area contributed by atoms with Crippen LogP contribution in [0.2, 0.25) is 0 Å². The molecule has 84 valence electrons. The van der Waals surface area contributed by atoms with E-state index in [0.717, 1.165) is 25.7 Å². The smallest absolute Gasteiger partial charge is 0.0619 e. The molecule has 2 nitrogen and oxygen atoms in total. The summed E-state index contributed by atoms with van der Waals surface area (Å²) in [5.41, 5.74) is 0.386. The van der Waals surface area contributed by atoms with Crippen molar-refractivity contribution in [2.24, 2.45) is 11.3 Å². The summed E-state index contributed by atoms with van der Waals surface area (Å²) in [5, 5.41) is 3.62. The SMILES string of the molecule is CC(C)C(C)(C)CNC1CCCOC1. The van der Waals surface area contributed by atoms with E-state index in [1.165, 1.54) is 12.8 Å². The lowest BCUT2D eigenvalue weighted by Gasteiger charge is -2.33. The predicted octanol–water partition coefficient (Wildman–Crippen LogP) is 2.44. The molecular weight excluding hydrogens is 174 g/mol. The van der Waals surface area contributed by atoms with Crippen molar-refractivity contribution in [3.8, 4) is 0 Å². The Morgan fingerprint density at radius 2 is 2.14 bits per heavy atom. The van der Waals surface area contributed by atoms with Crippen LogP contribution in [0.5, 0.6) is 0 Å². The van der Waals surface area contributed by atoms with Gasteiger partial charge in [-0.25, -0.2) is 0 Å². The van der Waals surface area contributed by atoms with Crippen molar-refractivity contribution in [3.05, 3.63) is 0 Å². The largest absolute Gasteiger partial charge is 0.380 e. The van der Waals surface area contributed by atoms with Gasteiger partial charge >= 0.3 is 0 Å². The van der Waals surface area contributed by atoms with Gasteiger partial charge in [0.1, 0.15) is 0 Å². The summed E-state index contributed by atoms with van der Waals surface area (Å²) in [6.45, 7) is 12.2. The summed E-state index contributed by atoms with van der Waals surface area (Å²) < 4.78 is 5.45. The highest BCUT2D eigenvalue weighted by molar-refractivity contribution is 4.78. The van der Waals surface area contributed by atoms with Crippen molar-refractivity contribution in [1.82, 2.24) is 5.32 Å². The molecule has 2 heteroatoms. The van der Waals surface area contributed by atoms with Gasteiger partial charge in [0.25, 0.3) is 0 Å². The molecule has 0 aromatic rings. The third kappa shape index (κ3) is 3.58. The molecule has 1 heterocycles. The van der Waals surface area contributed by atoms with Gasteiger partial charge in [-0.1, -0.05) is 27.7 Å². The fourth-order valence-corrected chi connectivity index (χ4v) is 1.51. The van der Waals surface area contributed by atoms with Gasteiger partial charge in [0, 0.05) is 19.2 Å². The van der Waals surface area contributed by atoms with Crippen LogP contribution in [0.15, 0.2) is 0 Å². The van der Waals surface area contributed by atoms with Crippen LogP contribution in [0.1, 0.15) is 40.5 Å². The average Bonchev–Trinajstić information content (AvgIpc) is 2.16. The highest BCUT2D eigenvalue weighted by Gasteiger charge is 2.23. The normalized spacial score (nSPS) is 24.2. The maximum atomic E-state index is 5.45. The summed E-state index contributed by atoms with van der Waals surface area (Å²) in [4.78, 5) is 0. The second-order valence-electron chi connectivity index (χ2n) is 5.44. The third-order valence-electron chi connectivity index (χ3n) is 3.57. The first-order chi connectivity index (χ1) is 6.52. The van der Waals surface area contributed by atoms with Gasteiger partial charge in [0.15, 0.2) is 0 Å². The van der Waals surface area contributed by atoms with Crippen LogP contribution in [0, 0.1) is 11.3 Å². The number of rotatable bonds is 4. The summed E-state index contributed by atoms with van der Waals surface area (Å²) in [5.74, 6) is 0.722. The van der Waals surface area contributed by atoms with Crippen LogP contribution >= 0.6 is 0 Å². The molecule has 1 aliphatic rings. The van der Waals surface area contributed by atoms with Gasteiger partial charge in [-0.15, -0.1) is 0 Å². The molecule has 1 N–H and O–H groups in total. The first-order valence-electron chi connectivity index (χ1n) is 5.83. The molecular formula is C12H25NO. The molecule has 0 spiro atoms. The zero-order chi connectivity index (χ0) is 10.6. The standard InChI is InChI=1S/C12H25NO/c1-10(2)12(3,4)9-13-11-6-5-7-14-8-11/h10-11,13H,5-9H2,1-4H3. The lowest BCUT2D eigenvalue weighted by atomic mass is 9.81. The Balaban J connectivity index is 2.24. The van der Waals surface area contributed by atoms with Gasteiger partial charge in [-0.05, 0) is 24.2 Å². The van der Waals surface area contributed by atoms with E-state index >= 15 is 0 Å². The Kier molecular flexibility index (Phi) is 4.39. The fraction of sp³-hybridized carbons (Fsp3) is 1.00. The maximum Gasteiger partial charge on any atom is 0.0619 e. The highest BCUT2D eigenvalue weighted by Crippen LogP contribution is 2.25. The molecule has 1 aliphatic heterocycles. The Labute approximate surface area is 88.4 Å². The Bertz CT molecular complexity index is 160. The molecule has 0 radical (unpaired) electrons. The molecule has 0 aromatic heterocycles. The summed E-state index contributed by atoms with van der Waals surface area (Å²) in [7, 11) is 0. The number of hydrogen-bond acceptors (Lipinski definition) is 2. The monoisotopic (exact) mass is 199 g/mol. The van der Waals surface area contributed by atoms with Crippen molar-refractivity contribution in [2.45, 2.75) is 46.6 Å². The van der Waals surface area contributed by atoms with Gasteiger partial charge in [0.2, 0.25) is 0 Å². The summed E-state index contributed by atoms with van der Waals surface area (Å²) in [6.07, 6.45) is 2.48. The second kappa shape index (κ2) is 5.13.